The Morgan fingerprint density at radius 3 is 2.53 bits per heavy atom. The predicted molar refractivity (Wildman–Crippen MR) is 65.5 cm³/mol. The van der Waals surface area contributed by atoms with E-state index in [0.717, 1.165) is 12.0 Å². The van der Waals surface area contributed by atoms with E-state index in [-0.39, 0.29) is 5.82 Å². The average molecular weight is 274 g/mol. The summed E-state index contributed by atoms with van der Waals surface area (Å²) >= 11 is 3.15. The van der Waals surface area contributed by atoms with Gasteiger partial charge in [0.2, 0.25) is 0 Å². The molecule has 0 saturated heterocycles. The summed E-state index contributed by atoms with van der Waals surface area (Å²) < 4.78 is 13.7. The molecule has 0 spiro atoms. The molecule has 0 radical (unpaired) electrons. The van der Waals surface area contributed by atoms with Crippen LogP contribution in [-0.4, -0.2) is 12.1 Å². The maximum absolute atomic E-state index is 13.2. The first-order valence-electron chi connectivity index (χ1n) is 5.19. The smallest absolute Gasteiger partial charge is 0.137 e. The van der Waals surface area contributed by atoms with Crippen molar-refractivity contribution in [3.63, 3.8) is 0 Å². The van der Waals surface area contributed by atoms with Gasteiger partial charge in [-0.3, -0.25) is 0 Å². The lowest BCUT2D eigenvalue weighted by Gasteiger charge is -2.16. The number of hydrogen-bond acceptors (Lipinski definition) is 1. The summed E-state index contributed by atoms with van der Waals surface area (Å²) in [5, 5.41) is 3.39. The molecule has 0 aliphatic carbocycles. The summed E-state index contributed by atoms with van der Waals surface area (Å²) in [6.45, 7) is 6.33. The standard InChI is InChI=1S/C12H17BrFN/c1-8(2)15-9(3)6-10-4-5-11(13)12(14)7-10/h4-5,7-9,15H,6H2,1-3H3. The van der Waals surface area contributed by atoms with Crippen molar-refractivity contribution in [3.8, 4) is 0 Å². The molecule has 0 aromatic heterocycles. The topological polar surface area (TPSA) is 12.0 Å². The molecule has 0 fully saturated rings. The predicted octanol–water partition coefficient (Wildman–Crippen LogP) is 3.52. The van der Waals surface area contributed by atoms with E-state index < -0.39 is 0 Å². The molecule has 1 atom stereocenters. The quantitative estimate of drug-likeness (QED) is 0.885. The molecule has 0 aliphatic heterocycles. The van der Waals surface area contributed by atoms with Gasteiger partial charge < -0.3 is 5.32 Å². The maximum Gasteiger partial charge on any atom is 0.137 e. The number of halogens is 2. The monoisotopic (exact) mass is 273 g/mol. The van der Waals surface area contributed by atoms with Gasteiger partial charge in [0, 0.05) is 12.1 Å². The summed E-state index contributed by atoms with van der Waals surface area (Å²) in [6.07, 6.45) is 0.850. The number of hydrogen-bond donors (Lipinski definition) is 1. The first-order chi connectivity index (χ1) is 6.99. The summed E-state index contributed by atoms with van der Waals surface area (Å²) in [7, 11) is 0. The Kier molecular flexibility index (Phi) is 4.74. The van der Waals surface area contributed by atoms with Crippen molar-refractivity contribution in [2.75, 3.05) is 0 Å². The molecule has 1 aromatic carbocycles. The molecule has 0 aliphatic rings. The van der Waals surface area contributed by atoms with Gasteiger partial charge in [-0.25, -0.2) is 4.39 Å². The first-order valence-corrected chi connectivity index (χ1v) is 5.98. The van der Waals surface area contributed by atoms with Crippen molar-refractivity contribution in [1.29, 1.82) is 0 Å². The Labute approximate surface area is 99.2 Å². The van der Waals surface area contributed by atoms with E-state index in [9.17, 15) is 4.39 Å². The van der Waals surface area contributed by atoms with E-state index in [0.29, 0.717) is 16.6 Å². The van der Waals surface area contributed by atoms with Crippen LogP contribution >= 0.6 is 15.9 Å². The van der Waals surface area contributed by atoms with Crippen molar-refractivity contribution < 1.29 is 4.39 Å². The van der Waals surface area contributed by atoms with Gasteiger partial charge in [-0.15, -0.1) is 0 Å². The number of rotatable bonds is 4. The number of benzene rings is 1. The lowest BCUT2D eigenvalue weighted by Crippen LogP contribution is -2.33. The van der Waals surface area contributed by atoms with Gasteiger partial charge in [-0.05, 0) is 47.0 Å². The average Bonchev–Trinajstić information content (AvgIpc) is 2.10. The van der Waals surface area contributed by atoms with Gasteiger partial charge in [-0.2, -0.15) is 0 Å². The third kappa shape index (κ3) is 4.31. The van der Waals surface area contributed by atoms with Gasteiger partial charge in [0.15, 0.2) is 0 Å². The van der Waals surface area contributed by atoms with Gasteiger partial charge in [-0.1, -0.05) is 19.9 Å². The van der Waals surface area contributed by atoms with E-state index >= 15 is 0 Å². The Bertz CT molecular complexity index is 325. The summed E-state index contributed by atoms with van der Waals surface area (Å²) in [6, 6.07) is 6.12. The summed E-state index contributed by atoms with van der Waals surface area (Å²) in [5.41, 5.74) is 1.02. The van der Waals surface area contributed by atoms with Gasteiger partial charge in [0.1, 0.15) is 5.82 Å². The molecular formula is C12H17BrFN. The van der Waals surface area contributed by atoms with Gasteiger partial charge >= 0.3 is 0 Å². The van der Waals surface area contributed by atoms with Crippen molar-refractivity contribution >= 4 is 15.9 Å². The van der Waals surface area contributed by atoms with Crippen LogP contribution in [0.5, 0.6) is 0 Å². The zero-order chi connectivity index (χ0) is 11.4. The molecule has 1 nitrogen and oxygen atoms in total. The summed E-state index contributed by atoms with van der Waals surface area (Å²) in [4.78, 5) is 0. The number of nitrogens with one attached hydrogen (secondary N) is 1. The molecule has 0 amide bonds. The molecular weight excluding hydrogens is 257 g/mol. The van der Waals surface area contributed by atoms with Crippen molar-refractivity contribution in [3.05, 3.63) is 34.1 Å². The molecule has 0 saturated carbocycles. The Balaban J connectivity index is 2.60. The molecule has 0 heterocycles. The van der Waals surface area contributed by atoms with Crippen LogP contribution in [0.2, 0.25) is 0 Å². The van der Waals surface area contributed by atoms with E-state index in [1.165, 1.54) is 0 Å². The van der Waals surface area contributed by atoms with E-state index in [1.54, 1.807) is 12.1 Å². The maximum atomic E-state index is 13.2. The summed E-state index contributed by atoms with van der Waals surface area (Å²) in [5.74, 6) is -0.191. The molecule has 1 aromatic rings. The van der Waals surface area contributed by atoms with Crippen LogP contribution < -0.4 is 5.32 Å². The highest BCUT2D eigenvalue weighted by atomic mass is 79.9. The highest BCUT2D eigenvalue weighted by Gasteiger charge is 2.06. The SMILES string of the molecule is CC(C)NC(C)Cc1ccc(Br)c(F)c1. The van der Waals surface area contributed by atoms with Crippen LogP contribution in [0.25, 0.3) is 0 Å². The van der Waals surface area contributed by atoms with Crippen LogP contribution in [0.3, 0.4) is 0 Å². The van der Waals surface area contributed by atoms with Crippen LogP contribution in [0.1, 0.15) is 26.3 Å². The lowest BCUT2D eigenvalue weighted by atomic mass is 10.1. The zero-order valence-corrected chi connectivity index (χ0v) is 10.9. The van der Waals surface area contributed by atoms with Crippen molar-refractivity contribution in [2.45, 2.75) is 39.3 Å². The molecule has 84 valence electrons. The fourth-order valence-corrected chi connectivity index (χ4v) is 1.89. The largest absolute Gasteiger partial charge is 0.312 e. The third-order valence-corrected chi connectivity index (χ3v) is 2.79. The van der Waals surface area contributed by atoms with Crippen LogP contribution in [-0.2, 0) is 6.42 Å². The third-order valence-electron chi connectivity index (χ3n) is 2.14. The molecule has 0 bridgehead atoms. The molecule has 1 rings (SSSR count). The lowest BCUT2D eigenvalue weighted by molar-refractivity contribution is 0.486. The van der Waals surface area contributed by atoms with Gasteiger partial charge in [0.05, 0.1) is 4.47 Å². The molecule has 3 heteroatoms. The van der Waals surface area contributed by atoms with Crippen LogP contribution in [0.4, 0.5) is 4.39 Å². The zero-order valence-electron chi connectivity index (χ0n) is 9.35. The minimum Gasteiger partial charge on any atom is -0.312 e. The Morgan fingerprint density at radius 1 is 1.33 bits per heavy atom. The van der Waals surface area contributed by atoms with Crippen LogP contribution in [0.15, 0.2) is 22.7 Å². The Morgan fingerprint density at radius 2 is 2.00 bits per heavy atom. The van der Waals surface area contributed by atoms with E-state index in [1.807, 2.05) is 6.07 Å². The van der Waals surface area contributed by atoms with E-state index in [4.69, 9.17) is 0 Å². The van der Waals surface area contributed by atoms with Crippen LogP contribution in [0, 0.1) is 5.82 Å². The van der Waals surface area contributed by atoms with Crippen molar-refractivity contribution in [2.24, 2.45) is 0 Å². The highest BCUT2D eigenvalue weighted by Crippen LogP contribution is 2.17. The second-order valence-electron chi connectivity index (χ2n) is 4.18. The molecule has 1 N–H and O–H groups in total. The normalized spacial score (nSPS) is 13.2. The van der Waals surface area contributed by atoms with E-state index in [2.05, 4.69) is 42.0 Å². The minimum atomic E-state index is -0.191. The first kappa shape index (κ1) is 12.7. The Hall–Kier alpha value is -0.410. The molecule has 15 heavy (non-hydrogen) atoms. The fraction of sp³-hybridized carbons (Fsp3) is 0.500. The fourth-order valence-electron chi connectivity index (χ4n) is 1.65. The van der Waals surface area contributed by atoms with Crippen molar-refractivity contribution in [1.82, 2.24) is 5.32 Å². The van der Waals surface area contributed by atoms with Gasteiger partial charge in [0.25, 0.3) is 0 Å². The highest BCUT2D eigenvalue weighted by molar-refractivity contribution is 9.10. The minimum absolute atomic E-state index is 0.191. The second kappa shape index (κ2) is 5.61. The second-order valence-corrected chi connectivity index (χ2v) is 5.03. The molecule has 1 unspecified atom stereocenters.